The van der Waals surface area contributed by atoms with E-state index in [2.05, 4.69) is 4.72 Å². The summed E-state index contributed by atoms with van der Waals surface area (Å²) in [7, 11) is -6.61. The third kappa shape index (κ3) is 2.62. The molecule has 0 amide bonds. The SMILES string of the molecule is O=S1(=O)CC[C@H](NS(=O)(=O)c2cccs2)C1. The maximum atomic E-state index is 11.8. The molecular formula is C8H11NO4S3. The Morgan fingerprint density at radius 1 is 1.44 bits per heavy atom. The molecule has 1 aliphatic heterocycles. The van der Waals surface area contributed by atoms with Crippen LogP contribution in [-0.2, 0) is 19.9 Å². The molecule has 2 heterocycles. The minimum Gasteiger partial charge on any atom is -0.229 e. The Morgan fingerprint density at radius 2 is 2.19 bits per heavy atom. The lowest BCUT2D eigenvalue weighted by Gasteiger charge is -2.09. The third-order valence-electron chi connectivity index (χ3n) is 2.31. The Labute approximate surface area is 98.5 Å². The zero-order chi connectivity index (χ0) is 11.8. The molecular weight excluding hydrogens is 270 g/mol. The molecule has 0 saturated carbocycles. The first-order valence-electron chi connectivity index (χ1n) is 4.65. The summed E-state index contributed by atoms with van der Waals surface area (Å²) in [6, 6.07) is 2.65. The summed E-state index contributed by atoms with van der Waals surface area (Å²) in [5, 5.41) is 1.67. The molecule has 1 aromatic rings. The van der Waals surface area contributed by atoms with Gasteiger partial charge in [0.1, 0.15) is 4.21 Å². The second-order valence-electron chi connectivity index (χ2n) is 3.65. The largest absolute Gasteiger partial charge is 0.250 e. The van der Waals surface area contributed by atoms with Crippen molar-refractivity contribution in [3.05, 3.63) is 17.5 Å². The van der Waals surface area contributed by atoms with Crippen LogP contribution in [0.3, 0.4) is 0 Å². The van der Waals surface area contributed by atoms with Gasteiger partial charge in [-0.25, -0.2) is 21.6 Å². The van der Waals surface area contributed by atoms with Gasteiger partial charge in [-0.2, -0.15) is 0 Å². The van der Waals surface area contributed by atoms with Crippen molar-refractivity contribution in [1.29, 1.82) is 0 Å². The van der Waals surface area contributed by atoms with Gasteiger partial charge in [0.2, 0.25) is 10.0 Å². The number of thiophene rings is 1. The van der Waals surface area contributed by atoms with Crippen LogP contribution in [0.2, 0.25) is 0 Å². The monoisotopic (exact) mass is 281 g/mol. The van der Waals surface area contributed by atoms with Crippen molar-refractivity contribution >= 4 is 31.2 Å². The fourth-order valence-electron chi connectivity index (χ4n) is 1.58. The van der Waals surface area contributed by atoms with E-state index in [-0.39, 0.29) is 15.7 Å². The molecule has 0 aromatic carbocycles. The van der Waals surface area contributed by atoms with Crippen molar-refractivity contribution in [2.75, 3.05) is 11.5 Å². The first-order valence-corrected chi connectivity index (χ1v) is 8.84. The molecule has 16 heavy (non-hydrogen) atoms. The van der Waals surface area contributed by atoms with Crippen LogP contribution in [0.5, 0.6) is 0 Å². The Balaban J connectivity index is 2.12. The maximum Gasteiger partial charge on any atom is 0.250 e. The predicted molar refractivity (Wildman–Crippen MR) is 61.7 cm³/mol. The smallest absolute Gasteiger partial charge is 0.229 e. The highest BCUT2D eigenvalue weighted by Crippen LogP contribution is 2.18. The number of hydrogen-bond acceptors (Lipinski definition) is 5. The van der Waals surface area contributed by atoms with E-state index in [1.807, 2.05) is 0 Å². The van der Waals surface area contributed by atoms with Crippen LogP contribution in [0.4, 0.5) is 0 Å². The molecule has 5 nitrogen and oxygen atoms in total. The van der Waals surface area contributed by atoms with Crippen molar-refractivity contribution < 1.29 is 16.8 Å². The number of nitrogens with one attached hydrogen (secondary N) is 1. The molecule has 1 fully saturated rings. The molecule has 2 rings (SSSR count). The molecule has 1 N–H and O–H groups in total. The van der Waals surface area contributed by atoms with E-state index in [1.54, 1.807) is 11.4 Å². The molecule has 1 aliphatic rings. The summed E-state index contributed by atoms with van der Waals surface area (Å²) in [5.74, 6) is -0.0395. The Hall–Kier alpha value is -0.440. The molecule has 0 unspecified atom stereocenters. The zero-order valence-corrected chi connectivity index (χ0v) is 10.7. The van der Waals surface area contributed by atoms with Gasteiger partial charge in [-0.05, 0) is 17.9 Å². The molecule has 0 spiro atoms. The highest BCUT2D eigenvalue weighted by atomic mass is 32.2. The van der Waals surface area contributed by atoms with Crippen LogP contribution in [-0.4, -0.2) is 34.4 Å². The van der Waals surface area contributed by atoms with Gasteiger partial charge in [0.15, 0.2) is 9.84 Å². The van der Waals surface area contributed by atoms with Crippen molar-refractivity contribution in [3.63, 3.8) is 0 Å². The summed E-state index contributed by atoms with van der Waals surface area (Å²) in [6.45, 7) is 0. The summed E-state index contributed by atoms with van der Waals surface area (Å²) in [6.07, 6.45) is 0.354. The van der Waals surface area contributed by atoms with Gasteiger partial charge in [0.05, 0.1) is 11.5 Å². The topological polar surface area (TPSA) is 80.3 Å². The van der Waals surface area contributed by atoms with Gasteiger partial charge in [0, 0.05) is 6.04 Å². The zero-order valence-electron chi connectivity index (χ0n) is 8.29. The predicted octanol–water partition coefficient (Wildman–Crippen LogP) is 0.213. The molecule has 0 aliphatic carbocycles. The van der Waals surface area contributed by atoms with E-state index < -0.39 is 25.9 Å². The van der Waals surface area contributed by atoms with Crippen molar-refractivity contribution in [1.82, 2.24) is 4.72 Å². The molecule has 1 atom stereocenters. The lowest BCUT2D eigenvalue weighted by molar-refractivity contribution is 0.564. The number of hydrogen-bond donors (Lipinski definition) is 1. The van der Waals surface area contributed by atoms with Gasteiger partial charge >= 0.3 is 0 Å². The molecule has 0 bridgehead atoms. The van der Waals surface area contributed by atoms with Crippen LogP contribution in [0.15, 0.2) is 21.7 Å². The van der Waals surface area contributed by atoms with Crippen molar-refractivity contribution in [2.24, 2.45) is 0 Å². The first kappa shape index (κ1) is 12.0. The van der Waals surface area contributed by atoms with Crippen LogP contribution < -0.4 is 4.72 Å². The second kappa shape index (κ2) is 4.10. The summed E-state index contributed by atoms with van der Waals surface area (Å²) in [4.78, 5) is 0. The van der Waals surface area contributed by atoms with Gasteiger partial charge in [-0.1, -0.05) is 6.07 Å². The number of sulfone groups is 1. The molecule has 90 valence electrons. The molecule has 1 saturated heterocycles. The quantitative estimate of drug-likeness (QED) is 0.859. The first-order chi connectivity index (χ1) is 7.39. The van der Waals surface area contributed by atoms with Crippen LogP contribution >= 0.6 is 11.3 Å². The van der Waals surface area contributed by atoms with Gasteiger partial charge < -0.3 is 0 Å². The Kier molecular flexibility index (Phi) is 3.08. The number of rotatable bonds is 3. The van der Waals surface area contributed by atoms with E-state index in [4.69, 9.17) is 0 Å². The normalized spacial score (nSPS) is 24.6. The van der Waals surface area contributed by atoms with Crippen molar-refractivity contribution in [2.45, 2.75) is 16.7 Å². The lowest BCUT2D eigenvalue weighted by Crippen LogP contribution is -2.35. The Morgan fingerprint density at radius 3 is 2.69 bits per heavy atom. The Bertz CT molecular complexity index is 558. The minimum absolute atomic E-state index is 0.0601. The van der Waals surface area contributed by atoms with E-state index in [0.29, 0.717) is 6.42 Å². The molecule has 8 heteroatoms. The fourth-order valence-corrected chi connectivity index (χ4v) is 5.64. The summed E-state index contributed by atoms with van der Waals surface area (Å²) >= 11 is 1.11. The standard InChI is InChI=1S/C8H11NO4S3/c10-15(11)5-3-7(6-15)9-16(12,13)8-2-1-4-14-8/h1-2,4,7,9H,3,5-6H2/t7-/m0/s1. The average Bonchev–Trinajstić information content (AvgIpc) is 2.74. The molecule has 1 aromatic heterocycles. The number of sulfonamides is 1. The van der Waals surface area contributed by atoms with Crippen LogP contribution in [0.25, 0.3) is 0 Å². The average molecular weight is 281 g/mol. The van der Waals surface area contributed by atoms with Crippen LogP contribution in [0, 0.1) is 0 Å². The van der Waals surface area contributed by atoms with Gasteiger partial charge in [0.25, 0.3) is 0 Å². The van der Waals surface area contributed by atoms with E-state index in [9.17, 15) is 16.8 Å². The fraction of sp³-hybridized carbons (Fsp3) is 0.500. The highest BCUT2D eigenvalue weighted by molar-refractivity contribution is 7.92. The van der Waals surface area contributed by atoms with Gasteiger partial charge in [-0.15, -0.1) is 11.3 Å². The second-order valence-corrected chi connectivity index (χ2v) is 8.77. The lowest BCUT2D eigenvalue weighted by atomic mass is 10.3. The van der Waals surface area contributed by atoms with Gasteiger partial charge in [-0.3, -0.25) is 0 Å². The van der Waals surface area contributed by atoms with E-state index >= 15 is 0 Å². The minimum atomic E-state index is -3.55. The van der Waals surface area contributed by atoms with Crippen LogP contribution in [0.1, 0.15) is 6.42 Å². The summed E-state index contributed by atoms with van der Waals surface area (Å²) < 4.78 is 48.5. The highest BCUT2D eigenvalue weighted by Gasteiger charge is 2.31. The summed E-state index contributed by atoms with van der Waals surface area (Å²) in [5.41, 5.74) is 0. The van der Waals surface area contributed by atoms with E-state index in [0.717, 1.165) is 11.3 Å². The third-order valence-corrected chi connectivity index (χ3v) is 7.00. The van der Waals surface area contributed by atoms with E-state index in [1.165, 1.54) is 6.07 Å². The van der Waals surface area contributed by atoms with Crippen molar-refractivity contribution in [3.8, 4) is 0 Å². The molecule has 0 radical (unpaired) electrons. The maximum absolute atomic E-state index is 11.8.